The molecule has 0 bridgehead atoms. The fraction of sp³-hybridized carbons (Fsp3) is 0.0588. The van der Waals surface area contributed by atoms with Gasteiger partial charge in [-0.25, -0.2) is 4.98 Å². The summed E-state index contributed by atoms with van der Waals surface area (Å²) in [5.74, 6) is 1.36. The third-order valence-corrected chi connectivity index (χ3v) is 4.11. The molecule has 1 aromatic heterocycles. The molecule has 0 fully saturated rings. The zero-order valence-electron chi connectivity index (χ0n) is 12.4. The molecule has 116 valence electrons. The maximum absolute atomic E-state index is 6.07. The van der Waals surface area contributed by atoms with Crippen LogP contribution in [-0.4, -0.2) is 11.2 Å². The summed E-state index contributed by atoms with van der Waals surface area (Å²) in [5, 5.41) is 7.49. The van der Waals surface area contributed by atoms with Gasteiger partial charge in [-0.3, -0.25) is 5.43 Å². The van der Waals surface area contributed by atoms with Gasteiger partial charge in [-0.05, 0) is 48.9 Å². The summed E-state index contributed by atoms with van der Waals surface area (Å²) in [6, 6.07) is 15.0. The molecule has 3 rings (SSSR count). The van der Waals surface area contributed by atoms with E-state index in [0.717, 1.165) is 22.1 Å². The van der Waals surface area contributed by atoms with E-state index in [1.165, 1.54) is 11.3 Å². The number of thiazole rings is 1. The fourth-order valence-corrected chi connectivity index (χ4v) is 2.66. The van der Waals surface area contributed by atoms with E-state index in [1.807, 2.05) is 54.8 Å². The number of aromatic nitrogens is 1. The third-order valence-electron chi connectivity index (χ3n) is 2.94. The molecule has 0 aliphatic rings. The molecular weight excluding hydrogens is 330 g/mol. The number of hydrogen-bond acceptors (Lipinski definition) is 5. The Bertz CT molecular complexity index is 815. The molecule has 6 heteroatoms. The smallest absolute Gasteiger partial charge is 0.203 e. The lowest BCUT2D eigenvalue weighted by Crippen LogP contribution is -1.90. The van der Waals surface area contributed by atoms with Crippen molar-refractivity contribution in [2.75, 3.05) is 5.43 Å². The van der Waals surface area contributed by atoms with Crippen molar-refractivity contribution in [3.05, 3.63) is 70.2 Å². The molecule has 0 amide bonds. The standard InChI is InChI=1S/C17H14ClN3OS/c1-12-11-23-17(20-12)21-19-10-13-6-8-14(9-7-13)22-16-5-3-2-4-15(16)18/h2-11H,1H3,(H,20,21). The number of rotatable bonds is 5. The van der Waals surface area contributed by atoms with Crippen molar-refractivity contribution >= 4 is 34.3 Å². The van der Waals surface area contributed by atoms with Crippen LogP contribution >= 0.6 is 22.9 Å². The number of nitrogens with one attached hydrogen (secondary N) is 1. The predicted octanol–water partition coefficient (Wildman–Crippen LogP) is 5.34. The number of anilines is 1. The zero-order valence-corrected chi connectivity index (χ0v) is 13.9. The second kappa shape index (κ2) is 7.26. The molecule has 2 aromatic carbocycles. The van der Waals surface area contributed by atoms with Crippen molar-refractivity contribution in [1.29, 1.82) is 0 Å². The SMILES string of the molecule is Cc1csc(NN=Cc2ccc(Oc3ccccc3Cl)cc2)n1. The van der Waals surface area contributed by atoms with Crippen LogP contribution in [0.3, 0.4) is 0 Å². The van der Waals surface area contributed by atoms with Crippen molar-refractivity contribution in [3.8, 4) is 11.5 Å². The monoisotopic (exact) mass is 343 g/mol. The Balaban J connectivity index is 1.62. The number of ether oxygens (including phenoxy) is 1. The lowest BCUT2D eigenvalue weighted by molar-refractivity contribution is 0.483. The van der Waals surface area contributed by atoms with E-state index >= 15 is 0 Å². The average Bonchev–Trinajstić information content (AvgIpc) is 2.97. The van der Waals surface area contributed by atoms with E-state index in [0.29, 0.717) is 10.8 Å². The van der Waals surface area contributed by atoms with Crippen molar-refractivity contribution in [3.63, 3.8) is 0 Å². The highest BCUT2D eigenvalue weighted by Crippen LogP contribution is 2.28. The normalized spacial score (nSPS) is 10.9. The van der Waals surface area contributed by atoms with Crippen LogP contribution in [0.1, 0.15) is 11.3 Å². The molecule has 0 unspecified atom stereocenters. The minimum absolute atomic E-state index is 0.584. The molecule has 0 spiro atoms. The van der Waals surface area contributed by atoms with Crippen molar-refractivity contribution < 1.29 is 4.74 Å². The molecule has 0 saturated carbocycles. The summed E-state index contributed by atoms with van der Waals surface area (Å²) in [7, 11) is 0. The minimum Gasteiger partial charge on any atom is -0.456 e. The maximum atomic E-state index is 6.07. The molecule has 0 saturated heterocycles. The van der Waals surface area contributed by atoms with Crippen LogP contribution in [0.15, 0.2) is 59.0 Å². The lowest BCUT2D eigenvalue weighted by atomic mass is 10.2. The highest BCUT2D eigenvalue weighted by atomic mass is 35.5. The van der Waals surface area contributed by atoms with Gasteiger partial charge in [-0.1, -0.05) is 23.7 Å². The molecule has 4 nitrogen and oxygen atoms in total. The predicted molar refractivity (Wildman–Crippen MR) is 96.0 cm³/mol. The van der Waals surface area contributed by atoms with Crippen LogP contribution in [0, 0.1) is 6.92 Å². The molecule has 1 heterocycles. The van der Waals surface area contributed by atoms with E-state index in [-0.39, 0.29) is 0 Å². The number of halogens is 1. The first-order valence-electron chi connectivity index (χ1n) is 6.94. The summed E-state index contributed by atoms with van der Waals surface area (Å²) in [4.78, 5) is 4.27. The van der Waals surface area contributed by atoms with Gasteiger partial charge in [-0.15, -0.1) is 11.3 Å². The Hall–Kier alpha value is -2.37. The van der Waals surface area contributed by atoms with Gasteiger partial charge < -0.3 is 4.74 Å². The first-order valence-corrected chi connectivity index (χ1v) is 8.20. The second-order valence-corrected chi connectivity index (χ2v) is 6.03. The molecule has 23 heavy (non-hydrogen) atoms. The second-order valence-electron chi connectivity index (χ2n) is 4.77. The van der Waals surface area contributed by atoms with Crippen LogP contribution in [0.5, 0.6) is 11.5 Å². The summed E-state index contributed by atoms with van der Waals surface area (Å²) >= 11 is 7.60. The first-order chi connectivity index (χ1) is 11.2. The number of hydrazone groups is 1. The van der Waals surface area contributed by atoms with Gasteiger partial charge in [0.1, 0.15) is 11.5 Å². The topological polar surface area (TPSA) is 46.5 Å². The van der Waals surface area contributed by atoms with Crippen LogP contribution in [-0.2, 0) is 0 Å². The first kappa shape index (κ1) is 15.5. The van der Waals surface area contributed by atoms with E-state index in [9.17, 15) is 0 Å². The molecular formula is C17H14ClN3OS. The Labute approximate surface area is 143 Å². The van der Waals surface area contributed by atoms with Gasteiger partial charge in [0.05, 0.1) is 16.9 Å². The summed E-state index contributed by atoms with van der Waals surface area (Å²) in [5.41, 5.74) is 4.84. The van der Waals surface area contributed by atoms with Gasteiger partial charge in [0, 0.05) is 5.38 Å². The van der Waals surface area contributed by atoms with Gasteiger partial charge in [-0.2, -0.15) is 5.10 Å². The summed E-state index contributed by atoms with van der Waals surface area (Å²) < 4.78 is 5.74. The highest BCUT2D eigenvalue weighted by Gasteiger charge is 2.01. The zero-order chi connectivity index (χ0) is 16.1. The Morgan fingerprint density at radius 1 is 1.17 bits per heavy atom. The van der Waals surface area contributed by atoms with Crippen LogP contribution in [0.4, 0.5) is 5.13 Å². The van der Waals surface area contributed by atoms with Crippen molar-refractivity contribution in [2.24, 2.45) is 5.10 Å². The molecule has 1 N–H and O–H groups in total. The minimum atomic E-state index is 0.584. The number of aryl methyl sites for hydroxylation is 1. The average molecular weight is 344 g/mol. The highest BCUT2D eigenvalue weighted by molar-refractivity contribution is 7.13. The van der Waals surface area contributed by atoms with Gasteiger partial charge in [0.25, 0.3) is 0 Å². The number of hydrogen-bond donors (Lipinski definition) is 1. The van der Waals surface area contributed by atoms with E-state index in [2.05, 4.69) is 15.5 Å². The van der Waals surface area contributed by atoms with E-state index < -0.39 is 0 Å². The molecule has 0 atom stereocenters. The fourth-order valence-electron chi connectivity index (χ4n) is 1.84. The lowest BCUT2D eigenvalue weighted by Gasteiger charge is -2.07. The summed E-state index contributed by atoms with van der Waals surface area (Å²) in [6.45, 7) is 1.95. The van der Waals surface area contributed by atoms with Crippen molar-refractivity contribution in [1.82, 2.24) is 4.98 Å². The van der Waals surface area contributed by atoms with Crippen LogP contribution < -0.4 is 10.2 Å². The number of nitrogens with zero attached hydrogens (tertiary/aromatic N) is 2. The molecule has 0 radical (unpaired) electrons. The Morgan fingerprint density at radius 2 is 1.96 bits per heavy atom. The van der Waals surface area contributed by atoms with Gasteiger partial charge in [0.2, 0.25) is 5.13 Å². The van der Waals surface area contributed by atoms with Crippen LogP contribution in [0.2, 0.25) is 5.02 Å². The van der Waals surface area contributed by atoms with Crippen molar-refractivity contribution in [2.45, 2.75) is 6.92 Å². The van der Waals surface area contributed by atoms with E-state index in [1.54, 1.807) is 12.3 Å². The van der Waals surface area contributed by atoms with E-state index in [4.69, 9.17) is 16.3 Å². The quantitative estimate of drug-likeness (QED) is 0.502. The third kappa shape index (κ3) is 4.31. The largest absolute Gasteiger partial charge is 0.456 e. The number of para-hydroxylation sites is 1. The van der Waals surface area contributed by atoms with Gasteiger partial charge >= 0.3 is 0 Å². The molecule has 0 aliphatic carbocycles. The molecule has 3 aromatic rings. The Kier molecular flexibility index (Phi) is 4.90. The Morgan fingerprint density at radius 3 is 2.65 bits per heavy atom. The summed E-state index contributed by atoms with van der Waals surface area (Å²) in [6.07, 6.45) is 1.73. The van der Waals surface area contributed by atoms with Crippen LogP contribution in [0.25, 0.3) is 0 Å². The molecule has 0 aliphatic heterocycles. The van der Waals surface area contributed by atoms with Gasteiger partial charge in [0.15, 0.2) is 0 Å². The maximum Gasteiger partial charge on any atom is 0.203 e. The number of benzene rings is 2.